The molecule has 1 nitrogen and oxygen atoms in total. The molecule has 0 radical (unpaired) electrons. The van der Waals surface area contributed by atoms with Gasteiger partial charge in [0.15, 0.2) is 0 Å². The Balaban J connectivity index is 2.08. The maximum atomic E-state index is 6.23. The Labute approximate surface area is 116 Å². The van der Waals surface area contributed by atoms with Gasteiger partial charge >= 0.3 is 0 Å². The highest BCUT2D eigenvalue weighted by Crippen LogP contribution is 2.33. The van der Waals surface area contributed by atoms with Crippen LogP contribution in [0.4, 0.5) is 5.69 Å². The third-order valence-corrected chi connectivity index (χ3v) is 4.44. The Morgan fingerprint density at radius 3 is 2.94 bits per heavy atom. The Hall–Kier alpha value is 0.0400. The second-order valence-electron chi connectivity index (χ2n) is 4.47. The van der Waals surface area contributed by atoms with Crippen LogP contribution in [-0.4, -0.2) is 6.04 Å². The van der Waals surface area contributed by atoms with Gasteiger partial charge in [-0.1, -0.05) is 31.4 Å². The average molecular weight is 350 g/mol. The van der Waals surface area contributed by atoms with E-state index in [-0.39, 0.29) is 0 Å². The van der Waals surface area contributed by atoms with Crippen molar-refractivity contribution < 1.29 is 0 Å². The topological polar surface area (TPSA) is 12.0 Å². The van der Waals surface area contributed by atoms with Crippen LogP contribution in [0.1, 0.15) is 32.6 Å². The fourth-order valence-corrected chi connectivity index (χ4v) is 3.43. The molecule has 0 aromatic heterocycles. The van der Waals surface area contributed by atoms with Crippen molar-refractivity contribution in [3.8, 4) is 0 Å². The van der Waals surface area contributed by atoms with E-state index in [1.807, 2.05) is 6.07 Å². The SMILES string of the molecule is CCC1CCCC1Nc1ccc(I)cc1Cl. The lowest BCUT2D eigenvalue weighted by Crippen LogP contribution is -2.23. The maximum Gasteiger partial charge on any atom is 0.0648 e. The lowest BCUT2D eigenvalue weighted by Gasteiger charge is -2.21. The second kappa shape index (κ2) is 5.58. The molecule has 0 aliphatic heterocycles. The fraction of sp³-hybridized carbons (Fsp3) is 0.538. The zero-order valence-corrected chi connectivity index (χ0v) is 12.4. The van der Waals surface area contributed by atoms with Crippen LogP contribution in [0.2, 0.25) is 5.02 Å². The van der Waals surface area contributed by atoms with Gasteiger partial charge in [0.2, 0.25) is 0 Å². The lowest BCUT2D eigenvalue weighted by atomic mass is 10.0. The van der Waals surface area contributed by atoms with Crippen LogP contribution in [-0.2, 0) is 0 Å². The summed E-state index contributed by atoms with van der Waals surface area (Å²) in [6, 6.07) is 6.82. The van der Waals surface area contributed by atoms with Gasteiger partial charge in [0.05, 0.1) is 10.7 Å². The number of halogens is 2. The highest BCUT2D eigenvalue weighted by Gasteiger charge is 2.25. The largest absolute Gasteiger partial charge is 0.381 e. The lowest BCUT2D eigenvalue weighted by molar-refractivity contribution is 0.489. The molecule has 2 atom stereocenters. The van der Waals surface area contributed by atoms with Gasteiger partial charge in [-0.25, -0.2) is 0 Å². The molecule has 0 heterocycles. The summed E-state index contributed by atoms with van der Waals surface area (Å²) < 4.78 is 1.19. The summed E-state index contributed by atoms with van der Waals surface area (Å²) in [7, 11) is 0. The van der Waals surface area contributed by atoms with Crippen molar-refractivity contribution in [3.63, 3.8) is 0 Å². The van der Waals surface area contributed by atoms with Crippen molar-refractivity contribution in [3.05, 3.63) is 26.8 Å². The fourth-order valence-electron chi connectivity index (χ4n) is 2.52. The van der Waals surface area contributed by atoms with Gasteiger partial charge in [0.25, 0.3) is 0 Å². The van der Waals surface area contributed by atoms with Crippen molar-refractivity contribution >= 4 is 39.9 Å². The second-order valence-corrected chi connectivity index (χ2v) is 6.13. The molecule has 1 N–H and O–H groups in total. The van der Waals surface area contributed by atoms with Gasteiger partial charge in [0, 0.05) is 9.61 Å². The zero-order chi connectivity index (χ0) is 11.5. The maximum absolute atomic E-state index is 6.23. The molecule has 1 fully saturated rings. The summed E-state index contributed by atoms with van der Waals surface area (Å²) in [6.45, 7) is 2.28. The van der Waals surface area contributed by atoms with E-state index < -0.39 is 0 Å². The molecule has 3 heteroatoms. The van der Waals surface area contributed by atoms with Crippen LogP contribution in [0.25, 0.3) is 0 Å². The number of hydrogen-bond acceptors (Lipinski definition) is 1. The van der Waals surface area contributed by atoms with Crippen molar-refractivity contribution in [1.82, 2.24) is 0 Å². The molecule has 0 saturated heterocycles. The smallest absolute Gasteiger partial charge is 0.0648 e. The average Bonchev–Trinajstić information content (AvgIpc) is 2.69. The summed E-state index contributed by atoms with van der Waals surface area (Å²) in [5, 5.41) is 4.44. The normalized spacial score (nSPS) is 24.7. The Morgan fingerprint density at radius 1 is 1.44 bits per heavy atom. The van der Waals surface area contributed by atoms with Gasteiger partial charge in [0.1, 0.15) is 0 Å². The van der Waals surface area contributed by atoms with Crippen molar-refractivity contribution in [2.75, 3.05) is 5.32 Å². The van der Waals surface area contributed by atoms with E-state index in [4.69, 9.17) is 11.6 Å². The van der Waals surface area contributed by atoms with E-state index in [2.05, 4.69) is 47.0 Å². The van der Waals surface area contributed by atoms with Crippen molar-refractivity contribution in [2.24, 2.45) is 5.92 Å². The first-order valence-electron chi connectivity index (χ1n) is 5.92. The van der Waals surface area contributed by atoms with E-state index in [1.165, 1.54) is 29.3 Å². The number of nitrogens with one attached hydrogen (secondary N) is 1. The highest BCUT2D eigenvalue weighted by molar-refractivity contribution is 14.1. The Kier molecular flexibility index (Phi) is 4.36. The molecule has 0 bridgehead atoms. The molecular formula is C13H17ClIN. The van der Waals surface area contributed by atoms with E-state index in [9.17, 15) is 0 Å². The molecule has 1 aromatic rings. The van der Waals surface area contributed by atoms with Gasteiger partial charge in [-0.05, 0) is 59.5 Å². The summed E-state index contributed by atoms with van der Waals surface area (Å²) in [5.41, 5.74) is 1.09. The van der Waals surface area contributed by atoms with E-state index in [0.29, 0.717) is 6.04 Å². The number of anilines is 1. The standard InChI is InChI=1S/C13H17ClIN/c1-2-9-4-3-5-12(9)16-13-7-6-10(15)8-11(13)14/h6-9,12,16H,2-5H2,1H3. The number of rotatable bonds is 3. The molecule has 1 aliphatic rings. The molecular weight excluding hydrogens is 333 g/mol. The van der Waals surface area contributed by atoms with Gasteiger partial charge in [-0.15, -0.1) is 0 Å². The molecule has 1 aromatic carbocycles. The molecule has 2 rings (SSSR count). The number of hydrogen-bond donors (Lipinski definition) is 1. The first-order valence-corrected chi connectivity index (χ1v) is 7.38. The van der Waals surface area contributed by atoms with Crippen molar-refractivity contribution in [1.29, 1.82) is 0 Å². The van der Waals surface area contributed by atoms with Crippen LogP contribution < -0.4 is 5.32 Å². The van der Waals surface area contributed by atoms with Gasteiger partial charge in [-0.3, -0.25) is 0 Å². The third kappa shape index (κ3) is 2.83. The first kappa shape index (κ1) is 12.5. The predicted molar refractivity (Wildman–Crippen MR) is 79.2 cm³/mol. The van der Waals surface area contributed by atoms with Gasteiger partial charge in [-0.2, -0.15) is 0 Å². The predicted octanol–water partition coefficient (Wildman–Crippen LogP) is 4.94. The third-order valence-electron chi connectivity index (χ3n) is 3.46. The molecule has 0 amide bonds. The van der Waals surface area contributed by atoms with Crippen LogP contribution in [0.5, 0.6) is 0 Å². The van der Waals surface area contributed by atoms with E-state index in [0.717, 1.165) is 16.6 Å². The summed E-state index contributed by atoms with van der Waals surface area (Å²) in [5.74, 6) is 0.815. The first-order chi connectivity index (χ1) is 7.70. The van der Waals surface area contributed by atoms with Crippen LogP contribution in [0, 0.1) is 9.49 Å². The molecule has 1 aliphatic carbocycles. The molecule has 2 unspecified atom stereocenters. The minimum absolute atomic E-state index is 0.613. The molecule has 88 valence electrons. The highest BCUT2D eigenvalue weighted by atomic mass is 127. The molecule has 0 spiro atoms. The number of benzene rings is 1. The Morgan fingerprint density at radius 2 is 2.25 bits per heavy atom. The van der Waals surface area contributed by atoms with Crippen molar-refractivity contribution in [2.45, 2.75) is 38.6 Å². The summed E-state index contributed by atoms with van der Waals surface area (Å²) >= 11 is 8.52. The summed E-state index contributed by atoms with van der Waals surface area (Å²) in [4.78, 5) is 0. The minimum Gasteiger partial charge on any atom is -0.381 e. The van der Waals surface area contributed by atoms with Crippen LogP contribution >= 0.6 is 34.2 Å². The molecule has 16 heavy (non-hydrogen) atoms. The van der Waals surface area contributed by atoms with Gasteiger partial charge < -0.3 is 5.32 Å². The quantitative estimate of drug-likeness (QED) is 0.763. The van der Waals surface area contributed by atoms with Crippen LogP contribution in [0.15, 0.2) is 18.2 Å². The summed E-state index contributed by atoms with van der Waals surface area (Å²) in [6.07, 6.45) is 5.24. The van der Waals surface area contributed by atoms with E-state index in [1.54, 1.807) is 0 Å². The van der Waals surface area contributed by atoms with E-state index >= 15 is 0 Å². The van der Waals surface area contributed by atoms with Crippen LogP contribution in [0.3, 0.4) is 0 Å². The Bertz CT molecular complexity index is 367. The molecule has 1 saturated carbocycles. The monoisotopic (exact) mass is 349 g/mol. The zero-order valence-electron chi connectivity index (χ0n) is 9.47. The minimum atomic E-state index is 0.613.